The molecule has 1 N–H and O–H groups in total. The summed E-state index contributed by atoms with van der Waals surface area (Å²) in [5.41, 5.74) is 2.13. The molecule has 1 aliphatic heterocycles. The molecule has 1 aromatic rings. The highest BCUT2D eigenvalue weighted by molar-refractivity contribution is 5.82. The SMILES string of the molecule is Cc1ccc(OCC(=O)N2CC(C(=O)O)C2)c(C)c1. The minimum Gasteiger partial charge on any atom is -0.484 e. The Morgan fingerprint density at radius 1 is 1.37 bits per heavy atom. The van der Waals surface area contributed by atoms with Crippen molar-refractivity contribution < 1.29 is 19.4 Å². The molecule has 0 radical (unpaired) electrons. The summed E-state index contributed by atoms with van der Waals surface area (Å²) >= 11 is 0. The monoisotopic (exact) mass is 263 g/mol. The summed E-state index contributed by atoms with van der Waals surface area (Å²) in [7, 11) is 0. The second-order valence-electron chi connectivity index (χ2n) is 4.89. The van der Waals surface area contributed by atoms with Crippen LogP contribution in [0.15, 0.2) is 18.2 Å². The van der Waals surface area contributed by atoms with E-state index in [0.717, 1.165) is 11.1 Å². The highest BCUT2D eigenvalue weighted by atomic mass is 16.5. The number of hydrogen-bond donors (Lipinski definition) is 1. The molecular formula is C14H17NO4. The van der Waals surface area contributed by atoms with Crippen LogP contribution in [0.1, 0.15) is 11.1 Å². The third kappa shape index (κ3) is 3.05. The van der Waals surface area contributed by atoms with E-state index >= 15 is 0 Å². The van der Waals surface area contributed by atoms with E-state index in [9.17, 15) is 9.59 Å². The van der Waals surface area contributed by atoms with E-state index in [2.05, 4.69) is 0 Å². The van der Waals surface area contributed by atoms with Gasteiger partial charge in [0.2, 0.25) is 0 Å². The van der Waals surface area contributed by atoms with Gasteiger partial charge in [-0.25, -0.2) is 0 Å². The van der Waals surface area contributed by atoms with E-state index in [4.69, 9.17) is 9.84 Å². The zero-order valence-electron chi connectivity index (χ0n) is 11.0. The number of aryl methyl sites for hydroxylation is 2. The third-order valence-corrected chi connectivity index (χ3v) is 3.27. The van der Waals surface area contributed by atoms with Crippen molar-refractivity contribution in [3.05, 3.63) is 29.3 Å². The molecule has 0 spiro atoms. The molecule has 1 fully saturated rings. The maximum absolute atomic E-state index is 11.8. The van der Waals surface area contributed by atoms with Crippen molar-refractivity contribution in [2.45, 2.75) is 13.8 Å². The van der Waals surface area contributed by atoms with Crippen molar-refractivity contribution >= 4 is 11.9 Å². The number of ether oxygens (including phenoxy) is 1. The van der Waals surface area contributed by atoms with E-state index < -0.39 is 11.9 Å². The first-order valence-corrected chi connectivity index (χ1v) is 6.18. The van der Waals surface area contributed by atoms with E-state index in [-0.39, 0.29) is 25.6 Å². The highest BCUT2D eigenvalue weighted by Gasteiger charge is 2.35. The Balaban J connectivity index is 1.83. The number of carbonyl (C=O) groups is 2. The number of carbonyl (C=O) groups excluding carboxylic acids is 1. The first kappa shape index (κ1) is 13.4. The first-order chi connectivity index (χ1) is 8.97. The summed E-state index contributed by atoms with van der Waals surface area (Å²) in [6, 6.07) is 5.76. The van der Waals surface area contributed by atoms with Gasteiger partial charge in [0.25, 0.3) is 5.91 Å². The van der Waals surface area contributed by atoms with Crippen LogP contribution in [0.4, 0.5) is 0 Å². The van der Waals surface area contributed by atoms with Gasteiger partial charge < -0.3 is 14.7 Å². The van der Waals surface area contributed by atoms with Gasteiger partial charge in [-0.3, -0.25) is 9.59 Å². The number of rotatable bonds is 4. The first-order valence-electron chi connectivity index (χ1n) is 6.18. The maximum atomic E-state index is 11.8. The van der Waals surface area contributed by atoms with Crippen LogP contribution in [0.5, 0.6) is 5.75 Å². The Hall–Kier alpha value is -2.04. The van der Waals surface area contributed by atoms with Crippen LogP contribution < -0.4 is 4.74 Å². The lowest BCUT2D eigenvalue weighted by atomic mass is 10.0. The zero-order chi connectivity index (χ0) is 14.0. The molecule has 1 aliphatic rings. The number of carboxylic acid groups (broad SMARTS) is 1. The normalized spacial score (nSPS) is 14.9. The molecule has 1 amide bonds. The Kier molecular flexibility index (Phi) is 3.74. The molecule has 1 heterocycles. The molecule has 102 valence electrons. The van der Waals surface area contributed by atoms with Gasteiger partial charge in [-0.1, -0.05) is 17.7 Å². The number of aliphatic carboxylic acids is 1. The second kappa shape index (κ2) is 5.30. The molecular weight excluding hydrogens is 246 g/mol. The largest absolute Gasteiger partial charge is 0.484 e. The summed E-state index contributed by atoms with van der Waals surface area (Å²) in [4.78, 5) is 23.9. The van der Waals surface area contributed by atoms with E-state index in [0.29, 0.717) is 5.75 Å². The molecule has 5 heteroatoms. The van der Waals surface area contributed by atoms with Gasteiger partial charge in [0, 0.05) is 13.1 Å². The molecule has 0 atom stereocenters. The average molecular weight is 263 g/mol. The van der Waals surface area contributed by atoms with Crippen LogP contribution in [0, 0.1) is 19.8 Å². The number of amides is 1. The quantitative estimate of drug-likeness (QED) is 0.887. The van der Waals surface area contributed by atoms with Crippen LogP contribution >= 0.6 is 0 Å². The van der Waals surface area contributed by atoms with Gasteiger partial charge in [0.05, 0.1) is 5.92 Å². The van der Waals surface area contributed by atoms with Crippen molar-refractivity contribution in [2.24, 2.45) is 5.92 Å². The second-order valence-corrected chi connectivity index (χ2v) is 4.89. The van der Waals surface area contributed by atoms with Crippen molar-refractivity contribution in [3.8, 4) is 5.75 Å². The third-order valence-electron chi connectivity index (χ3n) is 3.27. The predicted molar refractivity (Wildman–Crippen MR) is 69.1 cm³/mol. The minimum absolute atomic E-state index is 0.0454. The van der Waals surface area contributed by atoms with Gasteiger partial charge in [-0.15, -0.1) is 0 Å². The molecule has 0 aliphatic carbocycles. The van der Waals surface area contributed by atoms with Gasteiger partial charge in [-0.2, -0.15) is 0 Å². The van der Waals surface area contributed by atoms with Crippen molar-refractivity contribution in [1.29, 1.82) is 0 Å². The molecule has 0 bridgehead atoms. The fraction of sp³-hybridized carbons (Fsp3) is 0.429. The van der Waals surface area contributed by atoms with Crippen molar-refractivity contribution in [2.75, 3.05) is 19.7 Å². The topological polar surface area (TPSA) is 66.8 Å². The number of hydrogen-bond acceptors (Lipinski definition) is 3. The molecule has 1 saturated heterocycles. The van der Waals surface area contributed by atoms with Crippen LogP contribution in [-0.2, 0) is 9.59 Å². The average Bonchev–Trinajstić information content (AvgIpc) is 2.25. The summed E-state index contributed by atoms with van der Waals surface area (Å²) in [6.45, 7) is 4.44. The summed E-state index contributed by atoms with van der Waals surface area (Å²) in [5.74, 6) is -0.754. The lowest BCUT2D eigenvalue weighted by Gasteiger charge is -2.36. The molecule has 0 unspecified atom stereocenters. The Morgan fingerprint density at radius 2 is 2.05 bits per heavy atom. The van der Waals surface area contributed by atoms with Crippen LogP contribution in [-0.4, -0.2) is 41.6 Å². The van der Waals surface area contributed by atoms with E-state index in [1.807, 2.05) is 32.0 Å². The molecule has 19 heavy (non-hydrogen) atoms. The standard InChI is InChI=1S/C14H17NO4/c1-9-3-4-12(10(2)5-9)19-8-13(16)15-6-11(7-15)14(17)18/h3-5,11H,6-8H2,1-2H3,(H,17,18). The lowest BCUT2D eigenvalue weighted by molar-refractivity contribution is -0.153. The van der Waals surface area contributed by atoms with Gasteiger partial charge in [-0.05, 0) is 25.5 Å². The fourth-order valence-electron chi connectivity index (χ4n) is 2.03. The molecule has 1 aromatic carbocycles. The Bertz CT molecular complexity index is 506. The molecule has 5 nitrogen and oxygen atoms in total. The highest BCUT2D eigenvalue weighted by Crippen LogP contribution is 2.20. The van der Waals surface area contributed by atoms with Crippen LogP contribution in [0.3, 0.4) is 0 Å². The van der Waals surface area contributed by atoms with E-state index in [1.54, 1.807) is 0 Å². The molecule has 0 saturated carbocycles. The van der Waals surface area contributed by atoms with E-state index in [1.165, 1.54) is 4.90 Å². The summed E-state index contributed by atoms with van der Waals surface area (Å²) in [6.07, 6.45) is 0. The lowest BCUT2D eigenvalue weighted by Crippen LogP contribution is -2.54. The fourth-order valence-corrected chi connectivity index (χ4v) is 2.03. The van der Waals surface area contributed by atoms with Gasteiger partial charge in [0.15, 0.2) is 6.61 Å². The number of benzene rings is 1. The minimum atomic E-state index is -0.848. The van der Waals surface area contributed by atoms with Crippen molar-refractivity contribution in [3.63, 3.8) is 0 Å². The van der Waals surface area contributed by atoms with Gasteiger partial charge >= 0.3 is 5.97 Å². The van der Waals surface area contributed by atoms with Crippen LogP contribution in [0.25, 0.3) is 0 Å². The Labute approximate surface area is 111 Å². The smallest absolute Gasteiger partial charge is 0.310 e. The number of nitrogens with zero attached hydrogens (tertiary/aromatic N) is 1. The number of likely N-dealkylation sites (tertiary alicyclic amines) is 1. The number of carboxylic acids is 1. The van der Waals surface area contributed by atoms with Crippen molar-refractivity contribution in [1.82, 2.24) is 4.90 Å². The Morgan fingerprint density at radius 3 is 2.63 bits per heavy atom. The maximum Gasteiger partial charge on any atom is 0.310 e. The van der Waals surface area contributed by atoms with Crippen LogP contribution in [0.2, 0.25) is 0 Å². The molecule has 0 aromatic heterocycles. The summed E-state index contributed by atoms with van der Waals surface area (Å²) < 4.78 is 5.47. The predicted octanol–water partition coefficient (Wildman–Crippen LogP) is 1.23. The molecule has 2 rings (SSSR count). The van der Waals surface area contributed by atoms with Gasteiger partial charge in [0.1, 0.15) is 5.75 Å². The zero-order valence-corrected chi connectivity index (χ0v) is 11.0. The summed E-state index contributed by atoms with van der Waals surface area (Å²) in [5, 5.41) is 8.73.